The van der Waals surface area contributed by atoms with Crippen molar-refractivity contribution in [2.75, 3.05) is 0 Å². The highest BCUT2D eigenvalue weighted by Gasteiger charge is 2.00. The van der Waals surface area contributed by atoms with Crippen molar-refractivity contribution in [3.05, 3.63) is 41.2 Å². The Labute approximate surface area is 80.8 Å². The zero-order chi connectivity index (χ0) is 9.26. The van der Waals surface area contributed by atoms with Crippen LogP contribution < -0.4 is 0 Å². The van der Waals surface area contributed by atoms with Gasteiger partial charge in [-0.1, -0.05) is 17.7 Å². The Morgan fingerprint density at radius 3 is 2.92 bits per heavy atom. The minimum Gasteiger partial charge on any atom is -0.390 e. The minimum atomic E-state index is -0.0579. The van der Waals surface area contributed by atoms with Gasteiger partial charge < -0.3 is 5.11 Å². The van der Waals surface area contributed by atoms with Gasteiger partial charge in [-0.05, 0) is 23.6 Å². The van der Waals surface area contributed by atoms with E-state index in [9.17, 15) is 0 Å². The summed E-state index contributed by atoms with van der Waals surface area (Å²) < 4.78 is 0. The molecule has 1 heterocycles. The van der Waals surface area contributed by atoms with Crippen molar-refractivity contribution in [1.82, 2.24) is 4.98 Å². The van der Waals surface area contributed by atoms with Gasteiger partial charge in [0.15, 0.2) is 0 Å². The van der Waals surface area contributed by atoms with Crippen LogP contribution in [0.3, 0.4) is 0 Å². The lowest BCUT2D eigenvalue weighted by Gasteiger charge is -2.02. The summed E-state index contributed by atoms with van der Waals surface area (Å²) in [6.45, 7) is -0.0579. The number of benzene rings is 1. The van der Waals surface area contributed by atoms with Crippen molar-refractivity contribution in [2.45, 2.75) is 6.61 Å². The molecule has 3 heteroatoms. The molecule has 0 bridgehead atoms. The van der Waals surface area contributed by atoms with Crippen LogP contribution in [0.1, 0.15) is 5.69 Å². The van der Waals surface area contributed by atoms with E-state index in [1.807, 2.05) is 24.3 Å². The normalized spacial score (nSPS) is 10.6. The summed E-state index contributed by atoms with van der Waals surface area (Å²) in [4.78, 5) is 4.06. The maximum atomic E-state index is 9.02. The molecule has 2 nitrogen and oxygen atoms in total. The molecular weight excluding hydrogens is 186 g/mol. The third-order valence-corrected chi connectivity index (χ3v) is 2.20. The lowest BCUT2D eigenvalue weighted by Crippen LogP contribution is -1.89. The number of fused-ring (bicyclic) bond motifs is 1. The molecule has 0 atom stereocenters. The first-order chi connectivity index (χ1) is 6.31. The number of nitrogens with zero attached hydrogens (tertiary/aromatic N) is 1. The van der Waals surface area contributed by atoms with Gasteiger partial charge in [0.05, 0.1) is 12.3 Å². The van der Waals surface area contributed by atoms with Crippen LogP contribution in [0.25, 0.3) is 10.8 Å². The van der Waals surface area contributed by atoms with Gasteiger partial charge in [0.25, 0.3) is 0 Å². The molecule has 0 aliphatic carbocycles. The number of aromatic nitrogens is 1. The Bertz CT molecular complexity index is 442. The van der Waals surface area contributed by atoms with Crippen LogP contribution in [-0.2, 0) is 6.61 Å². The zero-order valence-corrected chi connectivity index (χ0v) is 7.62. The van der Waals surface area contributed by atoms with Crippen LogP contribution in [0.4, 0.5) is 0 Å². The molecule has 1 N–H and O–H groups in total. The zero-order valence-electron chi connectivity index (χ0n) is 6.87. The Morgan fingerprint density at radius 1 is 1.31 bits per heavy atom. The first kappa shape index (κ1) is 8.48. The molecule has 1 aromatic carbocycles. The van der Waals surface area contributed by atoms with Gasteiger partial charge in [0, 0.05) is 16.6 Å². The highest BCUT2D eigenvalue weighted by molar-refractivity contribution is 6.31. The van der Waals surface area contributed by atoms with Crippen LogP contribution in [0.2, 0.25) is 5.02 Å². The summed E-state index contributed by atoms with van der Waals surface area (Å²) in [7, 11) is 0. The third kappa shape index (κ3) is 1.50. The van der Waals surface area contributed by atoms with Gasteiger partial charge in [-0.3, -0.25) is 4.98 Å². The monoisotopic (exact) mass is 193 g/mol. The lowest BCUT2D eigenvalue weighted by atomic mass is 10.1. The smallest absolute Gasteiger partial charge is 0.0859 e. The fraction of sp³-hybridized carbons (Fsp3) is 0.100. The second-order valence-electron chi connectivity index (χ2n) is 2.78. The van der Waals surface area contributed by atoms with E-state index >= 15 is 0 Å². The van der Waals surface area contributed by atoms with Crippen molar-refractivity contribution in [3.63, 3.8) is 0 Å². The van der Waals surface area contributed by atoms with Gasteiger partial charge in [0.1, 0.15) is 0 Å². The van der Waals surface area contributed by atoms with Crippen LogP contribution in [0.15, 0.2) is 30.5 Å². The van der Waals surface area contributed by atoms with Crippen molar-refractivity contribution < 1.29 is 5.11 Å². The van der Waals surface area contributed by atoms with E-state index in [0.717, 1.165) is 10.8 Å². The van der Waals surface area contributed by atoms with E-state index in [0.29, 0.717) is 10.7 Å². The van der Waals surface area contributed by atoms with Crippen molar-refractivity contribution >= 4 is 22.4 Å². The van der Waals surface area contributed by atoms with Gasteiger partial charge in [-0.25, -0.2) is 0 Å². The van der Waals surface area contributed by atoms with E-state index in [-0.39, 0.29) is 6.61 Å². The fourth-order valence-corrected chi connectivity index (χ4v) is 1.50. The maximum Gasteiger partial charge on any atom is 0.0859 e. The molecule has 0 saturated carbocycles. The molecule has 0 fully saturated rings. The Kier molecular flexibility index (Phi) is 2.17. The Balaban J connectivity index is 2.79. The summed E-state index contributed by atoms with van der Waals surface area (Å²) in [6.07, 6.45) is 1.68. The molecule has 1 aromatic heterocycles. The average molecular weight is 194 g/mol. The highest BCUT2D eigenvalue weighted by atomic mass is 35.5. The van der Waals surface area contributed by atoms with E-state index in [1.165, 1.54) is 0 Å². The summed E-state index contributed by atoms with van der Waals surface area (Å²) in [5.74, 6) is 0. The molecular formula is C10H8ClNO. The average Bonchev–Trinajstić information content (AvgIpc) is 2.17. The van der Waals surface area contributed by atoms with Gasteiger partial charge in [-0.15, -0.1) is 0 Å². The topological polar surface area (TPSA) is 33.1 Å². The molecule has 66 valence electrons. The second kappa shape index (κ2) is 3.32. The number of hydrogen-bond acceptors (Lipinski definition) is 2. The molecule has 0 spiro atoms. The number of hydrogen-bond donors (Lipinski definition) is 1. The van der Waals surface area contributed by atoms with E-state index in [2.05, 4.69) is 4.98 Å². The van der Waals surface area contributed by atoms with E-state index in [4.69, 9.17) is 16.7 Å². The van der Waals surface area contributed by atoms with Gasteiger partial charge >= 0.3 is 0 Å². The number of halogens is 1. The SMILES string of the molecule is OCc1nccc2ccc(Cl)cc12. The number of rotatable bonds is 1. The predicted molar refractivity (Wildman–Crippen MR) is 52.7 cm³/mol. The molecule has 2 aromatic rings. The van der Waals surface area contributed by atoms with Crippen molar-refractivity contribution in [3.8, 4) is 0 Å². The standard InChI is InChI=1S/C10H8ClNO/c11-8-2-1-7-3-4-12-10(6-13)9(7)5-8/h1-5,13H,6H2. The summed E-state index contributed by atoms with van der Waals surface area (Å²) >= 11 is 5.84. The third-order valence-electron chi connectivity index (χ3n) is 1.96. The number of aliphatic hydroxyl groups excluding tert-OH is 1. The molecule has 13 heavy (non-hydrogen) atoms. The molecule has 0 aliphatic rings. The molecule has 0 aliphatic heterocycles. The quantitative estimate of drug-likeness (QED) is 0.755. The number of pyridine rings is 1. The summed E-state index contributed by atoms with van der Waals surface area (Å²) in [5, 5.41) is 11.6. The van der Waals surface area contributed by atoms with Gasteiger partial charge in [0.2, 0.25) is 0 Å². The molecule has 0 unspecified atom stereocenters. The van der Waals surface area contributed by atoms with Crippen LogP contribution in [0, 0.1) is 0 Å². The van der Waals surface area contributed by atoms with E-state index < -0.39 is 0 Å². The van der Waals surface area contributed by atoms with Crippen LogP contribution in [0.5, 0.6) is 0 Å². The van der Waals surface area contributed by atoms with Crippen LogP contribution >= 0.6 is 11.6 Å². The fourth-order valence-electron chi connectivity index (χ4n) is 1.33. The minimum absolute atomic E-state index is 0.0579. The number of aliphatic hydroxyl groups is 1. The molecule has 2 rings (SSSR count). The van der Waals surface area contributed by atoms with E-state index in [1.54, 1.807) is 6.20 Å². The van der Waals surface area contributed by atoms with Crippen molar-refractivity contribution in [1.29, 1.82) is 0 Å². The summed E-state index contributed by atoms with van der Waals surface area (Å²) in [5.41, 5.74) is 0.667. The Hall–Kier alpha value is -1.12. The maximum absolute atomic E-state index is 9.02. The second-order valence-corrected chi connectivity index (χ2v) is 3.22. The largest absolute Gasteiger partial charge is 0.390 e. The van der Waals surface area contributed by atoms with Gasteiger partial charge in [-0.2, -0.15) is 0 Å². The molecule has 0 saturated heterocycles. The first-order valence-electron chi connectivity index (χ1n) is 3.95. The predicted octanol–water partition coefficient (Wildman–Crippen LogP) is 2.38. The lowest BCUT2D eigenvalue weighted by molar-refractivity contribution is 0.278. The van der Waals surface area contributed by atoms with Crippen molar-refractivity contribution in [2.24, 2.45) is 0 Å². The molecule has 0 radical (unpaired) electrons. The molecule has 0 amide bonds. The summed E-state index contributed by atoms with van der Waals surface area (Å²) in [6, 6.07) is 7.45. The highest BCUT2D eigenvalue weighted by Crippen LogP contribution is 2.21. The van der Waals surface area contributed by atoms with Crippen LogP contribution in [-0.4, -0.2) is 10.1 Å². The Morgan fingerprint density at radius 2 is 2.15 bits per heavy atom. The first-order valence-corrected chi connectivity index (χ1v) is 4.33.